The molecule has 1 aliphatic heterocycles. The van der Waals surface area contributed by atoms with Gasteiger partial charge in [-0.05, 0) is 23.1 Å². The minimum Gasteiger partial charge on any atom is -0.326 e. The van der Waals surface area contributed by atoms with Crippen LogP contribution in [0.25, 0.3) is 0 Å². The van der Waals surface area contributed by atoms with Crippen LogP contribution in [0, 0.1) is 0 Å². The Labute approximate surface area is 83.3 Å². The van der Waals surface area contributed by atoms with Gasteiger partial charge >= 0.3 is 0 Å². The van der Waals surface area contributed by atoms with Crippen LogP contribution in [-0.4, -0.2) is 5.91 Å². The fourth-order valence-corrected chi connectivity index (χ4v) is 1.86. The molecule has 0 saturated heterocycles. The number of nitrogens with two attached hydrogens (primary N) is 1. The van der Waals surface area contributed by atoms with Gasteiger partial charge in [0.2, 0.25) is 5.91 Å². The van der Waals surface area contributed by atoms with E-state index in [0.29, 0.717) is 13.0 Å². The molecule has 0 atom stereocenters. The number of anilines is 1. The van der Waals surface area contributed by atoms with Crippen molar-refractivity contribution in [2.45, 2.75) is 26.3 Å². The number of aryl methyl sites for hydroxylation is 1. The third-order valence-electron chi connectivity index (χ3n) is 2.61. The molecule has 0 bridgehead atoms. The van der Waals surface area contributed by atoms with Gasteiger partial charge in [-0.3, -0.25) is 4.79 Å². The van der Waals surface area contributed by atoms with Gasteiger partial charge in [0, 0.05) is 12.2 Å². The molecule has 0 aromatic heterocycles. The van der Waals surface area contributed by atoms with E-state index in [4.69, 9.17) is 5.73 Å². The smallest absolute Gasteiger partial charge is 0.228 e. The van der Waals surface area contributed by atoms with Crippen LogP contribution in [0.2, 0.25) is 0 Å². The Bertz CT molecular complexity index is 385. The largest absolute Gasteiger partial charge is 0.326 e. The lowest BCUT2D eigenvalue weighted by Gasteiger charge is -2.08. The number of carbonyl (C=O) groups excluding carboxylic acids is 1. The average Bonchev–Trinajstić information content (AvgIpc) is 2.56. The molecule has 3 N–H and O–H groups in total. The maximum atomic E-state index is 11.2. The Morgan fingerprint density at radius 3 is 2.93 bits per heavy atom. The molecule has 3 nitrogen and oxygen atoms in total. The van der Waals surface area contributed by atoms with Gasteiger partial charge in [0.25, 0.3) is 0 Å². The number of fused-ring (bicyclic) bond motifs is 1. The lowest BCUT2D eigenvalue weighted by molar-refractivity contribution is -0.115. The predicted molar refractivity (Wildman–Crippen MR) is 56.0 cm³/mol. The van der Waals surface area contributed by atoms with Crippen LogP contribution in [-0.2, 0) is 24.2 Å². The average molecular weight is 190 g/mol. The second kappa shape index (κ2) is 3.42. The third-order valence-corrected chi connectivity index (χ3v) is 2.61. The number of rotatable bonds is 2. The van der Waals surface area contributed by atoms with Crippen LogP contribution in [0.5, 0.6) is 0 Å². The van der Waals surface area contributed by atoms with Gasteiger partial charge in [-0.1, -0.05) is 19.1 Å². The number of amides is 1. The Kier molecular flexibility index (Phi) is 2.25. The van der Waals surface area contributed by atoms with Gasteiger partial charge in [0.15, 0.2) is 0 Å². The summed E-state index contributed by atoms with van der Waals surface area (Å²) < 4.78 is 0. The Hall–Kier alpha value is -1.35. The van der Waals surface area contributed by atoms with Crippen molar-refractivity contribution in [3.63, 3.8) is 0 Å². The van der Waals surface area contributed by atoms with Gasteiger partial charge in [0.05, 0.1) is 6.42 Å². The Morgan fingerprint density at radius 1 is 1.50 bits per heavy atom. The molecule has 1 aromatic rings. The fourth-order valence-electron chi connectivity index (χ4n) is 1.86. The summed E-state index contributed by atoms with van der Waals surface area (Å²) >= 11 is 0. The van der Waals surface area contributed by atoms with E-state index in [9.17, 15) is 4.79 Å². The van der Waals surface area contributed by atoms with Crippen molar-refractivity contribution in [1.29, 1.82) is 0 Å². The highest BCUT2D eigenvalue weighted by atomic mass is 16.1. The number of carbonyl (C=O) groups is 1. The topological polar surface area (TPSA) is 55.1 Å². The van der Waals surface area contributed by atoms with Crippen molar-refractivity contribution < 1.29 is 4.79 Å². The number of hydrogen-bond donors (Lipinski definition) is 2. The third kappa shape index (κ3) is 1.40. The maximum absolute atomic E-state index is 11.2. The molecule has 0 saturated carbocycles. The SMILES string of the molecule is CCc1cc(CN)c2c(c1)CC(=O)N2. The molecule has 74 valence electrons. The van der Waals surface area contributed by atoms with Crippen LogP contribution in [0.1, 0.15) is 23.6 Å². The van der Waals surface area contributed by atoms with Crippen LogP contribution >= 0.6 is 0 Å². The molecule has 0 spiro atoms. The second-order valence-corrected chi connectivity index (χ2v) is 3.57. The number of benzene rings is 1. The zero-order valence-corrected chi connectivity index (χ0v) is 8.26. The van der Waals surface area contributed by atoms with E-state index in [2.05, 4.69) is 24.4 Å². The van der Waals surface area contributed by atoms with Crippen LogP contribution in [0.4, 0.5) is 5.69 Å². The first-order valence-corrected chi connectivity index (χ1v) is 4.89. The normalized spacial score (nSPS) is 14.0. The van der Waals surface area contributed by atoms with E-state index in [1.165, 1.54) is 5.56 Å². The number of hydrogen-bond acceptors (Lipinski definition) is 2. The highest BCUT2D eigenvalue weighted by Gasteiger charge is 2.20. The van der Waals surface area contributed by atoms with E-state index in [-0.39, 0.29) is 5.91 Å². The lowest BCUT2D eigenvalue weighted by atomic mass is 10.0. The highest BCUT2D eigenvalue weighted by molar-refractivity contribution is 6.00. The molecule has 3 heteroatoms. The van der Waals surface area contributed by atoms with Crippen LogP contribution in [0.15, 0.2) is 12.1 Å². The molecular weight excluding hydrogens is 176 g/mol. The molecule has 1 heterocycles. The molecule has 14 heavy (non-hydrogen) atoms. The van der Waals surface area contributed by atoms with E-state index in [1.54, 1.807) is 0 Å². The summed E-state index contributed by atoms with van der Waals surface area (Å²) in [5.74, 6) is 0.0722. The Morgan fingerprint density at radius 2 is 2.29 bits per heavy atom. The van der Waals surface area contributed by atoms with Gasteiger partial charge in [-0.25, -0.2) is 0 Å². The molecule has 0 fully saturated rings. The lowest BCUT2D eigenvalue weighted by Crippen LogP contribution is -2.06. The van der Waals surface area contributed by atoms with E-state index in [0.717, 1.165) is 23.2 Å². The Balaban J connectivity index is 2.51. The van der Waals surface area contributed by atoms with Crippen molar-refractivity contribution in [3.8, 4) is 0 Å². The summed E-state index contributed by atoms with van der Waals surface area (Å²) in [6, 6.07) is 4.16. The molecule has 2 rings (SSSR count). The molecule has 0 radical (unpaired) electrons. The highest BCUT2D eigenvalue weighted by Crippen LogP contribution is 2.28. The summed E-state index contributed by atoms with van der Waals surface area (Å²) in [4.78, 5) is 11.2. The second-order valence-electron chi connectivity index (χ2n) is 3.57. The van der Waals surface area contributed by atoms with Gasteiger partial charge in [0.1, 0.15) is 0 Å². The molecule has 0 aliphatic carbocycles. The van der Waals surface area contributed by atoms with Crippen molar-refractivity contribution >= 4 is 11.6 Å². The molecule has 1 amide bonds. The number of nitrogens with one attached hydrogen (secondary N) is 1. The molecule has 1 aliphatic rings. The summed E-state index contributed by atoms with van der Waals surface area (Å²) in [7, 11) is 0. The van der Waals surface area contributed by atoms with Crippen molar-refractivity contribution in [1.82, 2.24) is 0 Å². The predicted octanol–water partition coefficient (Wildman–Crippen LogP) is 1.20. The standard InChI is InChI=1S/C11H14N2O/c1-2-7-3-8-5-10(14)13-11(8)9(4-7)6-12/h3-4H,2,5-6,12H2,1H3,(H,13,14). The van der Waals surface area contributed by atoms with Crippen LogP contribution in [0.3, 0.4) is 0 Å². The minimum absolute atomic E-state index is 0.0722. The van der Waals surface area contributed by atoms with Gasteiger partial charge < -0.3 is 11.1 Å². The van der Waals surface area contributed by atoms with Gasteiger partial charge in [-0.2, -0.15) is 0 Å². The monoisotopic (exact) mass is 190 g/mol. The summed E-state index contributed by atoms with van der Waals surface area (Å²) in [6.45, 7) is 2.59. The first-order chi connectivity index (χ1) is 6.74. The quantitative estimate of drug-likeness (QED) is 0.736. The molecular formula is C11H14N2O. The summed E-state index contributed by atoms with van der Waals surface area (Å²) in [5.41, 5.74) is 9.97. The molecule has 0 unspecified atom stereocenters. The van der Waals surface area contributed by atoms with Crippen LogP contribution < -0.4 is 11.1 Å². The molecule has 1 aromatic carbocycles. The van der Waals surface area contributed by atoms with E-state index >= 15 is 0 Å². The fraction of sp³-hybridized carbons (Fsp3) is 0.364. The zero-order valence-electron chi connectivity index (χ0n) is 8.26. The first-order valence-electron chi connectivity index (χ1n) is 4.89. The zero-order chi connectivity index (χ0) is 10.1. The maximum Gasteiger partial charge on any atom is 0.228 e. The summed E-state index contributed by atoms with van der Waals surface area (Å²) in [5, 5.41) is 2.85. The van der Waals surface area contributed by atoms with E-state index in [1.807, 2.05) is 0 Å². The minimum atomic E-state index is 0.0722. The van der Waals surface area contributed by atoms with Crippen molar-refractivity contribution in [2.75, 3.05) is 5.32 Å². The van der Waals surface area contributed by atoms with Gasteiger partial charge in [-0.15, -0.1) is 0 Å². The van der Waals surface area contributed by atoms with E-state index < -0.39 is 0 Å². The summed E-state index contributed by atoms with van der Waals surface area (Å²) in [6.07, 6.45) is 1.48. The first kappa shape index (κ1) is 9.21. The van der Waals surface area contributed by atoms with Crippen molar-refractivity contribution in [2.24, 2.45) is 5.73 Å². The van der Waals surface area contributed by atoms with Crippen molar-refractivity contribution in [3.05, 3.63) is 28.8 Å².